The number of nitrogens with one attached hydrogen (secondary N) is 2. The molecule has 1 unspecified atom stereocenters. The number of benzene rings is 1. The summed E-state index contributed by atoms with van der Waals surface area (Å²) in [5, 5.41) is 13.8. The molecule has 0 bridgehead atoms. The predicted molar refractivity (Wildman–Crippen MR) is 88.5 cm³/mol. The molecule has 5 heteroatoms. The molecule has 5 nitrogen and oxygen atoms in total. The van der Waals surface area contributed by atoms with E-state index in [0.29, 0.717) is 6.54 Å². The number of hydrogen-bond acceptors (Lipinski definition) is 3. The third-order valence-electron chi connectivity index (χ3n) is 4.48. The number of rotatable bonds is 2. The number of pyridine rings is 1. The summed E-state index contributed by atoms with van der Waals surface area (Å²) in [7, 11) is 0. The molecule has 1 aliphatic heterocycles. The van der Waals surface area contributed by atoms with Gasteiger partial charge in [0.1, 0.15) is 0 Å². The molecule has 0 aliphatic carbocycles. The van der Waals surface area contributed by atoms with Crippen LogP contribution in [-0.2, 0) is 11.2 Å². The Balaban J connectivity index is 1.92. The van der Waals surface area contributed by atoms with Crippen LogP contribution in [0.1, 0.15) is 17.2 Å². The van der Waals surface area contributed by atoms with Gasteiger partial charge in [-0.05, 0) is 41.0 Å². The zero-order chi connectivity index (χ0) is 15.8. The molecular formula is C18H17N3O2. The van der Waals surface area contributed by atoms with Crippen LogP contribution in [-0.4, -0.2) is 34.1 Å². The number of carbonyl (C=O) groups is 1. The highest BCUT2D eigenvalue weighted by Gasteiger charge is 2.28. The minimum atomic E-state index is -0.782. The van der Waals surface area contributed by atoms with Gasteiger partial charge in [-0.1, -0.05) is 6.07 Å². The molecule has 3 N–H and O–H groups in total. The molecule has 3 aromatic rings. The van der Waals surface area contributed by atoms with Crippen LogP contribution in [0.2, 0.25) is 0 Å². The molecule has 1 aliphatic rings. The number of aromatic amines is 1. The average molecular weight is 307 g/mol. The van der Waals surface area contributed by atoms with Crippen LogP contribution in [0.3, 0.4) is 0 Å². The predicted octanol–water partition coefficient (Wildman–Crippen LogP) is 2.54. The molecule has 23 heavy (non-hydrogen) atoms. The summed E-state index contributed by atoms with van der Waals surface area (Å²) in [5.41, 5.74) is 5.11. The molecule has 4 rings (SSSR count). The fraction of sp³-hybridized carbons (Fsp3) is 0.222. The first-order chi connectivity index (χ1) is 11.2. The smallest absolute Gasteiger partial charge is 0.312 e. The lowest BCUT2D eigenvalue weighted by atomic mass is 9.94. The molecule has 2 aromatic heterocycles. The SMILES string of the molecule is O=C(O)C1CNCCc2[nH]c3ccc(-c4ccncc4)cc3c21. The van der Waals surface area contributed by atoms with E-state index in [0.717, 1.165) is 46.3 Å². The Morgan fingerprint density at radius 1 is 1.17 bits per heavy atom. The second kappa shape index (κ2) is 5.52. The first kappa shape index (κ1) is 14.0. The number of hydrogen-bond donors (Lipinski definition) is 3. The highest BCUT2D eigenvalue weighted by atomic mass is 16.4. The van der Waals surface area contributed by atoms with Gasteiger partial charge in [0.15, 0.2) is 0 Å². The van der Waals surface area contributed by atoms with Gasteiger partial charge in [-0.25, -0.2) is 0 Å². The van der Waals surface area contributed by atoms with Gasteiger partial charge in [0, 0.05) is 48.5 Å². The molecule has 0 radical (unpaired) electrons. The molecule has 0 amide bonds. The number of carboxylic acids is 1. The number of carboxylic acid groups (broad SMARTS) is 1. The standard InChI is InChI=1S/C18H17N3O2/c22-18(23)14-10-20-8-5-16-17(14)13-9-12(1-2-15(13)21-16)11-3-6-19-7-4-11/h1-4,6-7,9,14,20-21H,5,8,10H2,(H,22,23). The van der Waals surface area contributed by atoms with Crippen LogP contribution >= 0.6 is 0 Å². The van der Waals surface area contributed by atoms with Crippen molar-refractivity contribution in [1.29, 1.82) is 0 Å². The molecule has 0 spiro atoms. The molecule has 116 valence electrons. The summed E-state index contributed by atoms with van der Waals surface area (Å²) < 4.78 is 0. The maximum atomic E-state index is 11.7. The van der Waals surface area contributed by atoms with Crippen molar-refractivity contribution < 1.29 is 9.90 Å². The highest BCUT2D eigenvalue weighted by Crippen LogP contribution is 2.34. The topological polar surface area (TPSA) is 78.0 Å². The van der Waals surface area contributed by atoms with Crippen molar-refractivity contribution in [2.45, 2.75) is 12.3 Å². The Morgan fingerprint density at radius 3 is 2.78 bits per heavy atom. The minimum absolute atomic E-state index is 0.467. The van der Waals surface area contributed by atoms with E-state index in [2.05, 4.69) is 27.4 Å². The highest BCUT2D eigenvalue weighted by molar-refractivity contribution is 5.93. The van der Waals surface area contributed by atoms with Crippen molar-refractivity contribution in [3.05, 3.63) is 54.0 Å². The van der Waals surface area contributed by atoms with Crippen molar-refractivity contribution in [3.63, 3.8) is 0 Å². The fourth-order valence-electron chi connectivity index (χ4n) is 3.36. The van der Waals surface area contributed by atoms with Gasteiger partial charge in [-0.2, -0.15) is 0 Å². The summed E-state index contributed by atoms with van der Waals surface area (Å²) in [6.45, 7) is 1.26. The first-order valence-corrected chi connectivity index (χ1v) is 7.72. The van der Waals surface area contributed by atoms with Gasteiger partial charge < -0.3 is 15.4 Å². The van der Waals surface area contributed by atoms with Gasteiger partial charge in [-0.3, -0.25) is 9.78 Å². The van der Waals surface area contributed by atoms with Crippen molar-refractivity contribution in [1.82, 2.24) is 15.3 Å². The Hall–Kier alpha value is -2.66. The maximum Gasteiger partial charge on any atom is 0.312 e. The van der Waals surface area contributed by atoms with E-state index in [1.165, 1.54) is 0 Å². The monoisotopic (exact) mass is 307 g/mol. The quantitative estimate of drug-likeness (QED) is 0.680. The Labute approximate surface area is 133 Å². The normalized spacial score (nSPS) is 17.7. The zero-order valence-electron chi connectivity index (χ0n) is 12.5. The number of fused-ring (bicyclic) bond motifs is 3. The maximum absolute atomic E-state index is 11.7. The summed E-state index contributed by atoms with van der Waals surface area (Å²) in [5.74, 6) is -1.30. The van der Waals surface area contributed by atoms with E-state index in [1.54, 1.807) is 12.4 Å². The third kappa shape index (κ3) is 2.39. The van der Waals surface area contributed by atoms with E-state index < -0.39 is 11.9 Å². The van der Waals surface area contributed by atoms with Crippen molar-refractivity contribution in [3.8, 4) is 11.1 Å². The molecular weight excluding hydrogens is 290 g/mol. The molecule has 0 fully saturated rings. The Morgan fingerprint density at radius 2 is 2.00 bits per heavy atom. The second-order valence-corrected chi connectivity index (χ2v) is 5.86. The van der Waals surface area contributed by atoms with E-state index in [4.69, 9.17) is 0 Å². The van der Waals surface area contributed by atoms with Crippen molar-refractivity contribution in [2.75, 3.05) is 13.1 Å². The van der Waals surface area contributed by atoms with Crippen LogP contribution in [0.25, 0.3) is 22.0 Å². The van der Waals surface area contributed by atoms with E-state index in [1.807, 2.05) is 18.2 Å². The van der Waals surface area contributed by atoms with E-state index in [-0.39, 0.29) is 0 Å². The lowest BCUT2D eigenvalue weighted by Gasteiger charge is -2.11. The Kier molecular flexibility index (Phi) is 3.35. The second-order valence-electron chi connectivity index (χ2n) is 5.86. The van der Waals surface area contributed by atoms with E-state index >= 15 is 0 Å². The van der Waals surface area contributed by atoms with Gasteiger partial charge in [0.2, 0.25) is 0 Å². The summed E-state index contributed by atoms with van der Waals surface area (Å²) in [6.07, 6.45) is 4.35. The van der Waals surface area contributed by atoms with Crippen LogP contribution in [0.15, 0.2) is 42.7 Å². The Bertz CT molecular complexity index is 871. The molecule has 1 aromatic carbocycles. The molecule has 3 heterocycles. The number of nitrogens with zero attached hydrogens (tertiary/aromatic N) is 1. The first-order valence-electron chi connectivity index (χ1n) is 7.72. The lowest BCUT2D eigenvalue weighted by Crippen LogP contribution is -2.25. The molecule has 0 saturated carbocycles. The summed E-state index contributed by atoms with van der Waals surface area (Å²) in [4.78, 5) is 19.2. The number of aliphatic carboxylic acids is 1. The summed E-state index contributed by atoms with van der Waals surface area (Å²) >= 11 is 0. The fourth-order valence-corrected chi connectivity index (χ4v) is 3.36. The van der Waals surface area contributed by atoms with Crippen molar-refractivity contribution >= 4 is 16.9 Å². The van der Waals surface area contributed by atoms with Crippen molar-refractivity contribution in [2.24, 2.45) is 0 Å². The van der Waals surface area contributed by atoms with Crippen LogP contribution < -0.4 is 5.32 Å². The zero-order valence-corrected chi connectivity index (χ0v) is 12.5. The molecule has 0 saturated heterocycles. The lowest BCUT2D eigenvalue weighted by molar-refractivity contribution is -0.138. The van der Waals surface area contributed by atoms with Gasteiger partial charge in [0.25, 0.3) is 0 Å². The van der Waals surface area contributed by atoms with Gasteiger partial charge >= 0.3 is 5.97 Å². The van der Waals surface area contributed by atoms with Crippen LogP contribution in [0, 0.1) is 0 Å². The molecule has 1 atom stereocenters. The minimum Gasteiger partial charge on any atom is -0.481 e. The van der Waals surface area contributed by atoms with Gasteiger partial charge in [0.05, 0.1) is 5.92 Å². The van der Waals surface area contributed by atoms with E-state index in [9.17, 15) is 9.90 Å². The number of aromatic nitrogens is 2. The summed E-state index contributed by atoms with van der Waals surface area (Å²) in [6, 6.07) is 10.1. The third-order valence-corrected chi connectivity index (χ3v) is 4.48. The van der Waals surface area contributed by atoms with Crippen LogP contribution in [0.4, 0.5) is 0 Å². The average Bonchev–Trinajstić information content (AvgIpc) is 2.79. The number of H-pyrrole nitrogens is 1. The van der Waals surface area contributed by atoms with Crippen LogP contribution in [0.5, 0.6) is 0 Å². The van der Waals surface area contributed by atoms with Gasteiger partial charge in [-0.15, -0.1) is 0 Å². The largest absolute Gasteiger partial charge is 0.481 e.